The van der Waals surface area contributed by atoms with E-state index in [-0.39, 0.29) is 16.5 Å². The summed E-state index contributed by atoms with van der Waals surface area (Å²) in [6.07, 6.45) is 2.68. The van der Waals surface area contributed by atoms with Gasteiger partial charge >= 0.3 is 0 Å². The van der Waals surface area contributed by atoms with Gasteiger partial charge in [-0.25, -0.2) is 14.4 Å². The van der Waals surface area contributed by atoms with Gasteiger partial charge in [-0.05, 0) is 30.3 Å². The second kappa shape index (κ2) is 7.59. The number of nitriles is 1. The molecule has 0 aliphatic carbocycles. The summed E-state index contributed by atoms with van der Waals surface area (Å²) < 4.78 is 13.2. The van der Waals surface area contributed by atoms with Crippen LogP contribution in [0, 0.1) is 17.1 Å². The molecule has 0 saturated carbocycles. The lowest BCUT2D eigenvalue weighted by Gasteiger charge is -2.08. The Morgan fingerprint density at radius 1 is 1.15 bits per heavy atom. The first-order valence-electron chi connectivity index (χ1n) is 7.41. The van der Waals surface area contributed by atoms with E-state index >= 15 is 0 Å². The average molecular weight is 368 g/mol. The molecule has 6 nitrogen and oxygen atoms in total. The minimum Gasteiger partial charge on any atom is -0.324 e. The molecule has 0 atom stereocenters. The summed E-state index contributed by atoms with van der Waals surface area (Å²) in [5.41, 5.74) is 1.49. The molecule has 1 aromatic heterocycles. The maximum atomic E-state index is 13.2. The third-order valence-corrected chi connectivity index (χ3v) is 3.68. The molecular formula is C18H11ClFN5O. The molecule has 128 valence electrons. The zero-order valence-electron chi connectivity index (χ0n) is 13.2. The SMILES string of the molecule is N#Cc1ccccc1NC(=O)c1cnc(Nc2ccc(F)c(Cl)c2)nc1. The minimum atomic E-state index is -0.525. The first kappa shape index (κ1) is 17.3. The fourth-order valence-electron chi connectivity index (χ4n) is 2.10. The van der Waals surface area contributed by atoms with E-state index in [1.807, 2.05) is 6.07 Å². The summed E-state index contributed by atoms with van der Waals surface area (Å²) in [6.45, 7) is 0. The van der Waals surface area contributed by atoms with E-state index in [0.717, 1.165) is 0 Å². The Morgan fingerprint density at radius 2 is 1.88 bits per heavy atom. The predicted octanol–water partition coefficient (Wildman–Crippen LogP) is 4.14. The van der Waals surface area contributed by atoms with Gasteiger partial charge in [-0.15, -0.1) is 0 Å². The van der Waals surface area contributed by atoms with Crippen LogP contribution in [-0.2, 0) is 0 Å². The van der Waals surface area contributed by atoms with Gasteiger partial charge in [0.15, 0.2) is 0 Å². The summed E-state index contributed by atoms with van der Waals surface area (Å²) in [7, 11) is 0. The fraction of sp³-hybridized carbons (Fsp3) is 0. The number of rotatable bonds is 4. The minimum absolute atomic E-state index is 0.0258. The Morgan fingerprint density at radius 3 is 2.58 bits per heavy atom. The van der Waals surface area contributed by atoms with Crippen molar-refractivity contribution in [1.29, 1.82) is 5.26 Å². The van der Waals surface area contributed by atoms with Crippen molar-refractivity contribution in [1.82, 2.24) is 9.97 Å². The lowest BCUT2D eigenvalue weighted by atomic mass is 10.2. The zero-order chi connectivity index (χ0) is 18.5. The molecule has 0 aliphatic rings. The second-order valence-corrected chi connectivity index (χ2v) is 5.57. The van der Waals surface area contributed by atoms with E-state index < -0.39 is 11.7 Å². The third-order valence-electron chi connectivity index (χ3n) is 3.39. The van der Waals surface area contributed by atoms with Gasteiger partial charge in [0.1, 0.15) is 11.9 Å². The molecule has 1 amide bonds. The van der Waals surface area contributed by atoms with Gasteiger partial charge in [-0.1, -0.05) is 23.7 Å². The van der Waals surface area contributed by atoms with E-state index in [0.29, 0.717) is 16.9 Å². The lowest BCUT2D eigenvalue weighted by molar-refractivity contribution is 0.102. The van der Waals surface area contributed by atoms with E-state index in [1.54, 1.807) is 24.3 Å². The van der Waals surface area contributed by atoms with E-state index in [4.69, 9.17) is 16.9 Å². The molecule has 0 spiro atoms. The van der Waals surface area contributed by atoms with Crippen LogP contribution < -0.4 is 10.6 Å². The topological polar surface area (TPSA) is 90.7 Å². The quantitative estimate of drug-likeness (QED) is 0.723. The van der Waals surface area contributed by atoms with Gasteiger partial charge in [0, 0.05) is 18.1 Å². The number of benzene rings is 2. The van der Waals surface area contributed by atoms with Crippen LogP contribution >= 0.6 is 11.6 Å². The van der Waals surface area contributed by atoms with Gasteiger partial charge in [-0.3, -0.25) is 4.79 Å². The van der Waals surface area contributed by atoms with Crippen LogP contribution in [0.2, 0.25) is 5.02 Å². The van der Waals surface area contributed by atoms with E-state index in [9.17, 15) is 9.18 Å². The number of amides is 1. The molecule has 2 aromatic carbocycles. The van der Waals surface area contributed by atoms with E-state index in [1.165, 1.54) is 30.6 Å². The molecule has 0 saturated heterocycles. The molecule has 3 rings (SSSR count). The van der Waals surface area contributed by atoms with E-state index in [2.05, 4.69) is 20.6 Å². The third kappa shape index (κ3) is 3.94. The van der Waals surface area contributed by atoms with Crippen LogP contribution in [0.4, 0.5) is 21.7 Å². The number of nitrogens with zero attached hydrogens (tertiary/aromatic N) is 3. The van der Waals surface area contributed by atoms with Crippen LogP contribution in [0.3, 0.4) is 0 Å². The van der Waals surface area contributed by atoms with Crippen LogP contribution in [0.25, 0.3) is 0 Å². The molecule has 0 fully saturated rings. The molecule has 0 unspecified atom stereocenters. The average Bonchev–Trinajstić information content (AvgIpc) is 2.66. The lowest BCUT2D eigenvalue weighted by Crippen LogP contribution is -2.14. The maximum absolute atomic E-state index is 13.2. The number of carbonyl (C=O) groups is 1. The van der Waals surface area contributed by atoms with Gasteiger partial charge < -0.3 is 10.6 Å². The van der Waals surface area contributed by atoms with Crippen LogP contribution in [0.1, 0.15) is 15.9 Å². The summed E-state index contributed by atoms with van der Waals surface area (Å²) in [5.74, 6) is -0.742. The first-order valence-corrected chi connectivity index (χ1v) is 7.79. The molecule has 2 N–H and O–H groups in total. The van der Waals surface area contributed by atoms with Crippen LogP contribution in [-0.4, -0.2) is 15.9 Å². The van der Waals surface area contributed by atoms with Crippen molar-refractivity contribution in [2.45, 2.75) is 0 Å². The summed E-state index contributed by atoms with van der Waals surface area (Å²) >= 11 is 5.72. The molecule has 0 aliphatic heterocycles. The number of aromatic nitrogens is 2. The van der Waals surface area contributed by atoms with Crippen molar-refractivity contribution in [2.75, 3.05) is 10.6 Å². The van der Waals surface area contributed by atoms with Crippen molar-refractivity contribution >= 4 is 34.8 Å². The first-order chi connectivity index (χ1) is 12.6. The number of anilines is 3. The zero-order valence-corrected chi connectivity index (χ0v) is 14.0. The van der Waals surface area contributed by atoms with Gasteiger partial charge in [0.05, 0.1) is 21.8 Å². The summed E-state index contributed by atoms with van der Waals surface area (Å²) in [4.78, 5) is 20.3. The number of carbonyl (C=O) groups excluding carboxylic acids is 1. The van der Waals surface area contributed by atoms with Crippen LogP contribution in [0.5, 0.6) is 0 Å². The fourth-order valence-corrected chi connectivity index (χ4v) is 2.28. The smallest absolute Gasteiger partial charge is 0.258 e. The summed E-state index contributed by atoms with van der Waals surface area (Å²) in [5, 5.41) is 14.5. The van der Waals surface area contributed by atoms with Crippen molar-refractivity contribution in [2.24, 2.45) is 0 Å². The van der Waals surface area contributed by atoms with Crippen molar-refractivity contribution in [3.63, 3.8) is 0 Å². The number of halogens is 2. The molecule has 1 heterocycles. The van der Waals surface area contributed by atoms with Crippen molar-refractivity contribution in [3.05, 3.63) is 76.8 Å². The largest absolute Gasteiger partial charge is 0.324 e. The van der Waals surface area contributed by atoms with Crippen molar-refractivity contribution < 1.29 is 9.18 Å². The van der Waals surface area contributed by atoms with Gasteiger partial charge in [0.25, 0.3) is 5.91 Å². The molecular weight excluding hydrogens is 357 g/mol. The highest BCUT2D eigenvalue weighted by molar-refractivity contribution is 6.31. The Labute approximate surface area is 153 Å². The Kier molecular flexibility index (Phi) is 5.06. The highest BCUT2D eigenvalue weighted by Crippen LogP contribution is 2.21. The Bertz CT molecular complexity index is 1000. The molecule has 0 bridgehead atoms. The molecule has 8 heteroatoms. The predicted molar refractivity (Wildman–Crippen MR) is 95.8 cm³/mol. The van der Waals surface area contributed by atoms with Gasteiger partial charge in [0.2, 0.25) is 5.95 Å². The van der Waals surface area contributed by atoms with Gasteiger partial charge in [-0.2, -0.15) is 5.26 Å². The maximum Gasteiger partial charge on any atom is 0.258 e. The van der Waals surface area contributed by atoms with Crippen LogP contribution in [0.15, 0.2) is 54.9 Å². The number of para-hydroxylation sites is 1. The molecule has 0 radical (unpaired) electrons. The monoisotopic (exact) mass is 367 g/mol. The number of hydrogen-bond donors (Lipinski definition) is 2. The normalized spacial score (nSPS) is 10.0. The molecule has 26 heavy (non-hydrogen) atoms. The highest BCUT2D eigenvalue weighted by Gasteiger charge is 2.10. The summed E-state index contributed by atoms with van der Waals surface area (Å²) in [6, 6.07) is 12.8. The number of nitrogens with one attached hydrogen (secondary N) is 2. The number of hydrogen-bond acceptors (Lipinski definition) is 5. The van der Waals surface area contributed by atoms with Crippen molar-refractivity contribution in [3.8, 4) is 6.07 Å². The standard InChI is InChI=1S/C18H11ClFN5O/c19-14-7-13(5-6-15(14)20)24-18-22-9-12(10-23-18)17(26)25-16-4-2-1-3-11(16)8-21/h1-7,9-10H,(H,25,26)(H,22,23,24). The second-order valence-electron chi connectivity index (χ2n) is 5.16. The highest BCUT2D eigenvalue weighted by atomic mass is 35.5. The molecule has 3 aromatic rings. The Balaban J connectivity index is 1.71. The Hall–Kier alpha value is -3.50.